The molecule has 1 fully saturated rings. The molecule has 3 rings (SSSR count). The zero-order valence-corrected chi connectivity index (χ0v) is 20.2. The lowest BCUT2D eigenvalue weighted by atomic mass is 10.1. The average molecular weight is 530 g/mol. The number of pyridine rings is 1. The number of halogens is 1. The Morgan fingerprint density at radius 3 is 2.65 bits per heavy atom. The number of ketones is 1. The second-order valence-corrected chi connectivity index (χ2v) is 8.60. The molecule has 0 aliphatic carbocycles. The van der Waals surface area contributed by atoms with Crippen molar-refractivity contribution in [3.63, 3.8) is 0 Å². The Morgan fingerprint density at radius 2 is 1.94 bits per heavy atom. The van der Waals surface area contributed by atoms with Crippen molar-refractivity contribution >= 4 is 34.2 Å². The molecule has 7 heteroatoms. The number of morpholine rings is 1. The van der Waals surface area contributed by atoms with Crippen LogP contribution in [0.2, 0.25) is 0 Å². The normalized spacial score (nSPS) is 13.3. The fourth-order valence-corrected chi connectivity index (χ4v) is 3.48. The Balaban J connectivity index is 1.71. The van der Waals surface area contributed by atoms with Gasteiger partial charge in [0.2, 0.25) is 0 Å². The summed E-state index contributed by atoms with van der Waals surface area (Å²) in [6, 6.07) is 4.02. The minimum absolute atomic E-state index is 0.196. The van der Waals surface area contributed by atoms with Crippen molar-refractivity contribution in [1.82, 2.24) is 15.0 Å². The van der Waals surface area contributed by atoms with Gasteiger partial charge < -0.3 is 9.64 Å². The number of ether oxygens (including phenoxy) is 1. The van der Waals surface area contributed by atoms with Gasteiger partial charge in [0.05, 0.1) is 18.9 Å². The number of carbonyl (C=O) groups excluding carboxylic acids is 1. The first-order valence-corrected chi connectivity index (χ1v) is 11.6. The lowest BCUT2D eigenvalue weighted by Gasteiger charge is -2.28. The largest absolute Gasteiger partial charge is 0.378 e. The zero-order chi connectivity index (χ0) is 22.1. The van der Waals surface area contributed by atoms with E-state index < -0.39 is 0 Å². The van der Waals surface area contributed by atoms with Gasteiger partial charge in [-0.25, -0.2) is 15.0 Å². The standard InChI is InChI=1S/C24H27IN4O2/c1-18(2)13-21(30)8-6-4-3-5-7-19-14-22(20-16-26-24(25)27-17-20)28-23(15-19)29-9-11-31-12-10-29/h13-17H,3-4,6,8-12H2,1-2H3. The van der Waals surface area contributed by atoms with E-state index in [1.807, 2.05) is 26.0 Å². The second-order valence-electron chi connectivity index (χ2n) is 7.64. The third-order valence-electron chi connectivity index (χ3n) is 4.72. The smallest absolute Gasteiger partial charge is 0.190 e. The summed E-state index contributed by atoms with van der Waals surface area (Å²) >= 11 is 2.09. The number of unbranched alkanes of at least 4 members (excludes halogenated alkanes) is 2. The highest BCUT2D eigenvalue weighted by molar-refractivity contribution is 14.1. The van der Waals surface area contributed by atoms with Crippen molar-refractivity contribution in [2.75, 3.05) is 31.2 Å². The zero-order valence-electron chi connectivity index (χ0n) is 18.0. The minimum Gasteiger partial charge on any atom is -0.378 e. The van der Waals surface area contributed by atoms with Crippen LogP contribution in [-0.2, 0) is 9.53 Å². The number of hydrogen-bond donors (Lipinski definition) is 0. The van der Waals surface area contributed by atoms with Crippen LogP contribution in [0.25, 0.3) is 11.3 Å². The number of carbonyl (C=O) groups is 1. The molecule has 31 heavy (non-hydrogen) atoms. The van der Waals surface area contributed by atoms with E-state index in [-0.39, 0.29) is 5.78 Å². The summed E-state index contributed by atoms with van der Waals surface area (Å²) in [5, 5.41) is 0. The van der Waals surface area contributed by atoms with E-state index in [4.69, 9.17) is 9.72 Å². The van der Waals surface area contributed by atoms with Crippen molar-refractivity contribution in [1.29, 1.82) is 0 Å². The van der Waals surface area contributed by atoms with E-state index in [1.165, 1.54) is 0 Å². The van der Waals surface area contributed by atoms with Gasteiger partial charge in [0, 0.05) is 72.0 Å². The molecule has 0 amide bonds. The molecule has 0 bridgehead atoms. The molecule has 0 N–H and O–H groups in total. The number of aromatic nitrogens is 3. The van der Waals surface area contributed by atoms with Crippen molar-refractivity contribution in [3.8, 4) is 23.1 Å². The summed E-state index contributed by atoms with van der Waals surface area (Å²) in [4.78, 5) is 27.4. The molecule has 0 saturated carbocycles. The number of allylic oxidation sites excluding steroid dienone is 2. The first kappa shape index (κ1) is 23.4. The maximum atomic E-state index is 11.7. The van der Waals surface area contributed by atoms with Crippen LogP contribution in [0.15, 0.2) is 36.2 Å². The SMILES string of the molecule is CC(C)=CC(=O)CCCCC#Cc1cc(-c2cnc(I)nc2)nc(N2CCOCC2)c1. The average Bonchev–Trinajstić information content (AvgIpc) is 2.76. The summed E-state index contributed by atoms with van der Waals surface area (Å²) in [7, 11) is 0. The van der Waals surface area contributed by atoms with Crippen LogP contribution in [0.5, 0.6) is 0 Å². The molecule has 0 atom stereocenters. The van der Waals surface area contributed by atoms with Gasteiger partial charge >= 0.3 is 0 Å². The van der Waals surface area contributed by atoms with Crippen molar-refractivity contribution in [2.24, 2.45) is 0 Å². The third-order valence-corrected chi connectivity index (χ3v) is 5.28. The minimum atomic E-state index is 0.196. The number of anilines is 1. The first-order valence-electron chi connectivity index (χ1n) is 10.5. The number of hydrogen-bond acceptors (Lipinski definition) is 6. The maximum Gasteiger partial charge on any atom is 0.190 e. The summed E-state index contributed by atoms with van der Waals surface area (Å²) in [6.07, 6.45) is 8.42. The molecule has 3 heterocycles. The summed E-state index contributed by atoms with van der Waals surface area (Å²) in [6.45, 7) is 6.91. The van der Waals surface area contributed by atoms with Gasteiger partial charge in [-0.15, -0.1) is 0 Å². The Kier molecular flexibility index (Phi) is 8.98. The fourth-order valence-electron chi connectivity index (χ4n) is 3.21. The molecule has 2 aromatic rings. The first-order chi connectivity index (χ1) is 15.0. The van der Waals surface area contributed by atoms with E-state index in [0.717, 1.165) is 60.6 Å². The van der Waals surface area contributed by atoms with E-state index in [9.17, 15) is 4.79 Å². The molecule has 6 nitrogen and oxygen atoms in total. The Bertz CT molecular complexity index is 983. The summed E-state index contributed by atoms with van der Waals surface area (Å²) in [5.41, 5.74) is 3.66. The van der Waals surface area contributed by atoms with Crippen molar-refractivity contribution < 1.29 is 9.53 Å². The molecule has 2 aromatic heterocycles. The van der Waals surface area contributed by atoms with Crippen LogP contribution in [-0.4, -0.2) is 47.0 Å². The highest BCUT2D eigenvalue weighted by atomic mass is 127. The lowest BCUT2D eigenvalue weighted by Crippen LogP contribution is -2.36. The highest BCUT2D eigenvalue weighted by Gasteiger charge is 2.15. The molecular weight excluding hydrogens is 503 g/mol. The molecule has 162 valence electrons. The lowest BCUT2D eigenvalue weighted by molar-refractivity contribution is -0.114. The van der Waals surface area contributed by atoms with Crippen LogP contribution >= 0.6 is 22.6 Å². The van der Waals surface area contributed by atoms with Crippen LogP contribution < -0.4 is 4.90 Å². The number of nitrogens with zero attached hydrogens (tertiary/aromatic N) is 4. The van der Waals surface area contributed by atoms with Crippen LogP contribution in [0.4, 0.5) is 5.82 Å². The van der Waals surface area contributed by atoms with Gasteiger partial charge in [-0.05, 0) is 44.9 Å². The predicted molar refractivity (Wildman–Crippen MR) is 131 cm³/mol. The molecule has 1 saturated heterocycles. The Hall–Kier alpha value is -2.31. The molecule has 0 spiro atoms. The van der Waals surface area contributed by atoms with Crippen LogP contribution in [0, 0.1) is 15.7 Å². The van der Waals surface area contributed by atoms with Crippen LogP contribution in [0.3, 0.4) is 0 Å². The van der Waals surface area contributed by atoms with E-state index in [2.05, 4.69) is 49.3 Å². The molecule has 0 unspecified atom stereocenters. The topological polar surface area (TPSA) is 68.2 Å². The van der Waals surface area contributed by atoms with Crippen molar-refractivity contribution in [3.05, 3.63) is 45.6 Å². The van der Waals surface area contributed by atoms with E-state index in [0.29, 0.717) is 23.5 Å². The highest BCUT2D eigenvalue weighted by Crippen LogP contribution is 2.23. The Labute approximate surface area is 197 Å². The van der Waals surface area contributed by atoms with Gasteiger partial charge in [-0.2, -0.15) is 0 Å². The Morgan fingerprint density at radius 1 is 1.19 bits per heavy atom. The summed E-state index contributed by atoms with van der Waals surface area (Å²) in [5.74, 6) is 7.63. The molecule has 0 radical (unpaired) electrons. The van der Waals surface area contributed by atoms with E-state index in [1.54, 1.807) is 18.5 Å². The van der Waals surface area contributed by atoms with Gasteiger partial charge in [0.1, 0.15) is 5.82 Å². The van der Waals surface area contributed by atoms with Gasteiger partial charge in [0.15, 0.2) is 9.61 Å². The maximum absolute atomic E-state index is 11.7. The van der Waals surface area contributed by atoms with Crippen LogP contribution in [0.1, 0.15) is 45.1 Å². The van der Waals surface area contributed by atoms with Crippen molar-refractivity contribution in [2.45, 2.75) is 39.5 Å². The predicted octanol–water partition coefficient (Wildman–Crippen LogP) is 4.43. The molecule has 1 aliphatic rings. The van der Waals surface area contributed by atoms with Gasteiger partial charge in [-0.3, -0.25) is 4.79 Å². The second kappa shape index (κ2) is 11.9. The summed E-state index contributed by atoms with van der Waals surface area (Å²) < 4.78 is 6.18. The monoisotopic (exact) mass is 530 g/mol. The number of rotatable bonds is 7. The molecular formula is C24H27IN4O2. The third kappa shape index (κ3) is 7.71. The van der Waals surface area contributed by atoms with E-state index >= 15 is 0 Å². The molecule has 1 aliphatic heterocycles. The quantitative estimate of drug-likeness (QED) is 0.174. The van der Waals surface area contributed by atoms with Gasteiger partial charge in [-0.1, -0.05) is 17.4 Å². The molecule has 0 aromatic carbocycles. The van der Waals surface area contributed by atoms with Gasteiger partial charge in [0.25, 0.3) is 0 Å². The fraction of sp³-hybridized carbons (Fsp3) is 0.417.